The van der Waals surface area contributed by atoms with E-state index in [1.54, 1.807) is 0 Å². The SMILES string of the molecule is CCC(CBr)(CBr)Cc1cc(Br)cc2c1OCC2. The number of alkyl halides is 2. The first kappa shape index (κ1) is 14.9. The molecule has 0 spiro atoms. The van der Waals surface area contributed by atoms with Crippen LogP contribution in [0.2, 0.25) is 0 Å². The van der Waals surface area contributed by atoms with E-state index in [0.29, 0.717) is 0 Å². The van der Waals surface area contributed by atoms with Crippen LogP contribution >= 0.6 is 47.8 Å². The van der Waals surface area contributed by atoms with Gasteiger partial charge in [0.25, 0.3) is 0 Å². The smallest absolute Gasteiger partial charge is 0.125 e. The molecule has 0 bridgehead atoms. The number of hydrogen-bond acceptors (Lipinski definition) is 1. The van der Waals surface area contributed by atoms with Crippen molar-refractivity contribution in [2.45, 2.75) is 26.2 Å². The fourth-order valence-corrected chi connectivity index (χ4v) is 5.00. The summed E-state index contributed by atoms with van der Waals surface area (Å²) in [6.07, 6.45) is 3.22. The van der Waals surface area contributed by atoms with Crippen LogP contribution in [0.1, 0.15) is 24.5 Å². The van der Waals surface area contributed by atoms with Gasteiger partial charge in [-0.15, -0.1) is 0 Å². The molecule has 0 radical (unpaired) electrons. The monoisotopic (exact) mass is 438 g/mol. The Morgan fingerprint density at radius 3 is 2.61 bits per heavy atom. The van der Waals surface area contributed by atoms with Crippen molar-refractivity contribution in [3.63, 3.8) is 0 Å². The van der Waals surface area contributed by atoms with E-state index in [1.807, 2.05) is 0 Å². The van der Waals surface area contributed by atoms with Gasteiger partial charge in [-0.05, 0) is 41.5 Å². The first-order chi connectivity index (χ1) is 8.64. The summed E-state index contributed by atoms with van der Waals surface area (Å²) in [5.41, 5.74) is 2.94. The molecule has 18 heavy (non-hydrogen) atoms. The van der Waals surface area contributed by atoms with Crippen molar-refractivity contribution in [2.24, 2.45) is 5.41 Å². The molecule has 4 heteroatoms. The van der Waals surface area contributed by atoms with E-state index >= 15 is 0 Å². The maximum Gasteiger partial charge on any atom is 0.125 e. The molecular weight excluding hydrogens is 424 g/mol. The average Bonchev–Trinajstić information content (AvgIpc) is 2.84. The molecule has 1 heterocycles. The van der Waals surface area contributed by atoms with Gasteiger partial charge in [-0.3, -0.25) is 0 Å². The van der Waals surface area contributed by atoms with Gasteiger partial charge < -0.3 is 4.74 Å². The highest BCUT2D eigenvalue weighted by atomic mass is 79.9. The number of halogens is 3. The fraction of sp³-hybridized carbons (Fsp3) is 0.571. The van der Waals surface area contributed by atoms with Crippen molar-refractivity contribution in [1.82, 2.24) is 0 Å². The number of fused-ring (bicyclic) bond motifs is 1. The predicted molar refractivity (Wildman–Crippen MR) is 87.4 cm³/mol. The highest BCUT2D eigenvalue weighted by molar-refractivity contribution is 9.10. The Hall–Kier alpha value is 0.460. The molecule has 0 fully saturated rings. The van der Waals surface area contributed by atoms with Crippen molar-refractivity contribution in [3.05, 3.63) is 27.7 Å². The van der Waals surface area contributed by atoms with Gasteiger partial charge in [-0.1, -0.05) is 54.7 Å². The van der Waals surface area contributed by atoms with Crippen molar-refractivity contribution in [1.29, 1.82) is 0 Å². The quantitative estimate of drug-likeness (QED) is 0.578. The zero-order valence-electron chi connectivity index (χ0n) is 10.4. The van der Waals surface area contributed by atoms with Gasteiger partial charge in [0.05, 0.1) is 6.61 Å². The topological polar surface area (TPSA) is 9.23 Å². The third-order valence-electron chi connectivity index (χ3n) is 3.71. The lowest BCUT2D eigenvalue weighted by Gasteiger charge is -2.29. The molecule has 1 aromatic carbocycles. The van der Waals surface area contributed by atoms with Gasteiger partial charge >= 0.3 is 0 Å². The maximum absolute atomic E-state index is 5.81. The first-order valence-corrected chi connectivity index (χ1v) is 9.24. The van der Waals surface area contributed by atoms with Crippen LogP contribution in [0, 0.1) is 5.41 Å². The molecule has 0 aliphatic carbocycles. The minimum absolute atomic E-state index is 0.264. The van der Waals surface area contributed by atoms with Crippen molar-refractivity contribution >= 4 is 47.8 Å². The lowest BCUT2D eigenvalue weighted by molar-refractivity contribution is 0.336. The van der Waals surface area contributed by atoms with Crippen molar-refractivity contribution in [3.8, 4) is 5.75 Å². The third-order valence-corrected chi connectivity index (χ3v) is 6.54. The van der Waals surface area contributed by atoms with E-state index in [-0.39, 0.29) is 5.41 Å². The van der Waals surface area contributed by atoms with Crippen LogP contribution in [0.15, 0.2) is 16.6 Å². The molecule has 1 aliphatic heterocycles. The summed E-state index contributed by atoms with van der Waals surface area (Å²) >= 11 is 10.9. The molecule has 1 aliphatic rings. The second kappa shape index (κ2) is 6.27. The molecular formula is C14H17Br3O. The standard InChI is InChI=1S/C14H17Br3O/c1-2-14(8-15,9-16)7-11-6-12(17)5-10-3-4-18-13(10)11/h5-6H,2-4,7-9H2,1H3. The van der Waals surface area contributed by atoms with Gasteiger partial charge in [0, 0.05) is 21.6 Å². The molecule has 0 saturated carbocycles. The molecule has 100 valence electrons. The van der Waals surface area contributed by atoms with Gasteiger partial charge in [0.15, 0.2) is 0 Å². The van der Waals surface area contributed by atoms with Crippen LogP contribution in [0.3, 0.4) is 0 Å². The second-order valence-corrected chi connectivity index (χ2v) is 6.99. The summed E-state index contributed by atoms with van der Waals surface area (Å²) in [6, 6.07) is 4.39. The zero-order chi connectivity index (χ0) is 13.2. The molecule has 0 aromatic heterocycles. The van der Waals surface area contributed by atoms with E-state index in [4.69, 9.17) is 4.74 Å². The van der Waals surface area contributed by atoms with E-state index in [9.17, 15) is 0 Å². The van der Waals surface area contributed by atoms with Crippen LogP contribution in [0.25, 0.3) is 0 Å². The summed E-state index contributed by atoms with van der Waals surface area (Å²) in [6.45, 7) is 3.07. The molecule has 0 N–H and O–H groups in total. The Labute approximate surface area is 134 Å². The minimum atomic E-state index is 0.264. The summed E-state index contributed by atoms with van der Waals surface area (Å²) in [5, 5.41) is 2.01. The second-order valence-electron chi connectivity index (χ2n) is 4.95. The molecule has 0 atom stereocenters. The lowest BCUT2D eigenvalue weighted by Crippen LogP contribution is -2.27. The summed E-state index contributed by atoms with van der Waals surface area (Å²) < 4.78 is 6.98. The molecule has 1 nitrogen and oxygen atoms in total. The highest BCUT2D eigenvalue weighted by Gasteiger charge is 2.29. The van der Waals surface area contributed by atoms with E-state index < -0.39 is 0 Å². The Bertz CT molecular complexity index is 419. The fourth-order valence-electron chi connectivity index (χ4n) is 2.33. The number of hydrogen-bond donors (Lipinski definition) is 0. The van der Waals surface area contributed by atoms with Gasteiger partial charge in [-0.25, -0.2) is 0 Å². The summed E-state index contributed by atoms with van der Waals surface area (Å²) in [4.78, 5) is 0. The predicted octanol–water partition coefficient (Wildman–Crippen LogP) is 5.11. The number of ether oxygens (including phenoxy) is 1. The lowest BCUT2D eigenvalue weighted by atomic mass is 9.82. The van der Waals surface area contributed by atoms with E-state index in [1.165, 1.54) is 11.1 Å². The number of rotatable bonds is 5. The average molecular weight is 441 g/mol. The summed E-state index contributed by atoms with van der Waals surface area (Å²) in [5.74, 6) is 1.12. The summed E-state index contributed by atoms with van der Waals surface area (Å²) in [7, 11) is 0. The van der Waals surface area contributed by atoms with Crippen molar-refractivity contribution < 1.29 is 4.74 Å². The molecule has 0 amide bonds. The first-order valence-electron chi connectivity index (χ1n) is 6.20. The number of benzene rings is 1. The van der Waals surface area contributed by atoms with Crippen LogP contribution in [0.4, 0.5) is 0 Å². The van der Waals surface area contributed by atoms with Crippen molar-refractivity contribution in [2.75, 3.05) is 17.3 Å². The van der Waals surface area contributed by atoms with Crippen LogP contribution in [-0.4, -0.2) is 17.3 Å². The largest absolute Gasteiger partial charge is 0.493 e. The Kier molecular flexibility index (Phi) is 5.18. The Balaban J connectivity index is 2.34. The van der Waals surface area contributed by atoms with Gasteiger partial charge in [0.1, 0.15) is 5.75 Å². The van der Waals surface area contributed by atoms with E-state index in [2.05, 4.69) is 66.8 Å². The maximum atomic E-state index is 5.81. The zero-order valence-corrected chi connectivity index (χ0v) is 15.2. The highest BCUT2D eigenvalue weighted by Crippen LogP contribution is 2.39. The normalized spacial score (nSPS) is 14.4. The third kappa shape index (κ3) is 2.96. The van der Waals surface area contributed by atoms with Crippen LogP contribution in [0.5, 0.6) is 5.75 Å². The van der Waals surface area contributed by atoms with Gasteiger partial charge in [0.2, 0.25) is 0 Å². The molecule has 2 rings (SSSR count). The van der Waals surface area contributed by atoms with Crippen LogP contribution < -0.4 is 4.74 Å². The minimum Gasteiger partial charge on any atom is -0.493 e. The van der Waals surface area contributed by atoms with Crippen LogP contribution in [-0.2, 0) is 12.8 Å². The molecule has 0 unspecified atom stereocenters. The molecule has 1 aromatic rings. The Morgan fingerprint density at radius 2 is 2.00 bits per heavy atom. The molecule has 0 saturated heterocycles. The Morgan fingerprint density at radius 1 is 1.28 bits per heavy atom. The van der Waals surface area contributed by atoms with E-state index in [0.717, 1.165) is 46.8 Å². The van der Waals surface area contributed by atoms with Gasteiger partial charge in [-0.2, -0.15) is 0 Å².